The summed E-state index contributed by atoms with van der Waals surface area (Å²) in [6, 6.07) is 18.5. The summed E-state index contributed by atoms with van der Waals surface area (Å²) < 4.78 is 53.2. The third-order valence-electron chi connectivity index (χ3n) is 11.1. The van der Waals surface area contributed by atoms with Crippen molar-refractivity contribution in [2.45, 2.75) is 248 Å². The maximum absolute atomic E-state index is 12.4. The van der Waals surface area contributed by atoms with Gasteiger partial charge in [-0.1, -0.05) is 105 Å². The van der Waals surface area contributed by atoms with Gasteiger partial charge in [-0.15, -0.1) is 17.2 Å². The molecule has 6 rings (SSSR count). The van der Waals surface area contributed by atoms with Crippen molar-refractivity contribution in [3.05, 3.63) is 84.5 Å². The molecule has 3 fully saturated rings. The van der Waals surface area contributed by atoms with Crippen LogP contribution < -0.4 is 56.5 Å². The first-order chi connectivity index (χ1) is 40.8. The maximum Gasteiger partial charge on any atom is 1.00 e. The Bertz CT molecular complexity index is 2560. The van der Waals surface area contributed by atoms with E-state index in [-0.39, 0.29) is 124 Å². The van der Waals surface area contributed by atoms with Gasteiger partial charge in [0.25, 0.3) is 0 Å². The largest absolute Gasteiger partial charge is 1.00 e. The van der Waals surface area contributed by atoms with E-state index in [1.54, 1.807) is 74.6 Å². The Labute approximate surface area is 637 Å². The van der Waals surface area contributed by atoms with Crippen LogP contribution in [0.5, 0.6) is 0 Å². The Morgan fingerprint density at radius 2 is 0.895 bits per heavy atom. The molecule has 2 aromatic carbocycles. The first-order valence-electron chi connectivity index (χ1n) is 29.6. The third-order valence-corrected chi connectivity index (χ3v) is 14.0. The standard InChI is InChI=1S/C17H25NO4S.C11H18ClNO2.C11H19NO3.C10H17NO3.C7H8OS.C4H10O.C4H9O.4CH4.Cl2OS.K/c1-16(2,3)22-15(19)18-11-9-17(20,10-12-18)13-23(21)14-7-5-4-6-8-14;1-11(2,3)15-10(14)13-6-4-9(8-12)5-7-13;1-8-5-6-12(7-9(8)13)10(14)15-11(2,3)4;1-10(2,3)14-9(13)11-6-4-8(12)5-7-11;1-9(8)7-5-3-2-4-6-7;2*1-4(2,3)5;;;;;1-4(2)3;/h4-8,20H,9-13H2,1-3H3;4H,5-8H2,1-3H3;9,13H,1,5-7H2,2-4H3;4-7H2,1-3H3;2-6H,1H3;5H,1-3H3;1-3H3;4*1H4;;/q;;;;;;-1;;;;;;+1. The predicted molar refractivity (Wildman–Crippen MR) is 388 cm³/mol. The summed E-state index contributed by atoms with van der Waals surface area (Å²) in [7, 11) is 5.29. The van der Waals surface area contributed by atoms with Crippen molar-refractivity contribution in [3.63, 3.8) is 0 Å². The summed E-state index contributed by atoms with van der Waals surface area (Å²) >= 11 is 5.71. The van der Waals surface area contributed by atoms with Crippen LogP contribution >= 0.6 is 33.0 Å². The van der Waals surface area contributed by atoms with Gasteiger partial charge in [-0.3, -0.25) is 13.2 Å². The molecule has 0 spiro atoms. The summed E-state index contributed by atoms with van der Waals surface area (Å²) in [6.45, 7) is 39.9. The second-order valence-corrected chi connectivity index (χ2v) is 32.9. The van der Waals surface area contributed by atoms with Crippen molar-refractivity contribution in [2.24, 2.45) is 0 Å². The molecule has 2 aromatic rings. The van der Waals surface area contributed by atoms with Crippen LogP contribution in [0.2, 0.25) is 0 Å². The number of carbonyl (C=O) groups excluding carboxylic acids is 5. The van der Waals surface area contributed by atoms with Crippen molar-refractivity contribution in [1.82, 2.24) is 19.6 Å². The van der Waals surface area contributed by atoms with Gasteiger partial charge in [0.05, 0.1) is 40.4 Å². The van der Waals surface area contributed by atoms with E-state index in [0.717, 1.165) is 21.8 Å². The normalized spacial score (nSPS) is 16.5. The SMILES string of the molecule is C.C.C.C.C=C1CCN(C(=O)OC(C)(C)C)CC1O.CC(C)(C)O.CC(C)(C)OC(=O)N1CC=C(CCl)CC1.CC(C)(C)OC(=O)N1CCC(=O)CC1.CC(C)(C)OC(=O)N1CCC(O)(CS(=O)c2ccccc2)CC1.CC(C)(C)[O-].CS(=O)c1ccccc1.O=S(Cl)Cl.[K+]. The fourth-order valence-electron chi connectivity index (χ4n) is 7.04. The van der Waals surface area contributed by atoms with Crippen LogP contribution in [0, 0.1) is 0 Å². The second-order valence-electron chi connectivity index (χ2n) is 27.3. The van der Waals surface area contributed by atoms with Gasteiger partial charge in [-0.05, 0) is 159 Å². The molecule has 4 heterocycles. The number of Topliss-reactive ketones (excluding diaryl/α,β-unsaturated/α-hetero) is 1. The Morgan fingerprint density at radius 1 is 0.589 bits per heavy atom. The fourth-order valence-corrected chi connectivity index (χ4v) is 9.23. The van der Waals surface area contributed by atoms with Gasteiger partial charge in [-0.2, -0.15) is 0 Å². The molecule has 4 aliphatic heterocycles. The number of halogens is 3. The third kappa shape index (κ3) is 61.1. The number of β-amino-alcohol motifs (C(OH)–C–C–N with tert-alkyl or cyclic N) is 1. The van der Waals surface area contributed by atoms with Crippen molar-refractivity contribution in [1.29, 1.82) is 0 Å². The zero-order valence-corrected chi connectivity index (χ0v) is 65.6. The summed E-state index contributed by atoms with van der Waals surface area (Å²) in [5.41, 5.74) is -2.16. The molecule has 20 nitrogen and oxygen atoms in total. The number of rotatable bonds is 5. The first kappa shape index (κ1) is 106. The van der Waals surface area contributed by atoms with Gasteiger partial charge in [0, 0.05) is 113 Å². The minimum atomic E-state index is -1.67. The average molecular weight is 1490 g/mol. The van der Waals surface area contributed by atoms with Crippen molar-refractivity contribution in [3.8, 4) is 0 Å². The minimum Gasteiger partial charge on any atom is -0.850 e. The van der Waals surface area contributed by atoms with E-state index in [9.17, 15) is 47.7 Å². The van der Waals surface area contributed by atoms with Crippen LogP contribution in [0.25, 0.3) is 0 Å². The number of amides is 4. The Morgan fingerprint density at radius 3 is 1.19 bits per heavy atom. The molecule has 0 aromatic heterocycles. The number of hydrogen-bond acceptors (Lipinski definition) is 16. The van der Waals surface area contributed by atoms with Crippen LogP contribution in [-0.2, 0) is 54.6 Å². The molecule has 3 saturated heterocycles. The number of ether oxygens (including phenoxy) is 4. The number of benzene rings is 2. The zero-order chi connectivity index (χ0) is 70.2. The molecule has 0 aliphatic carbocycles. The number of likely N-dealkylation sites (tertiary alicyclic amines) is 3. The average Bonchev–Trinajstić information content (AvgIpc) is 0.856. The first-order valence-corrected chi connectivity index (χ1v) is 35.8. The number of piperidine rings is 3. The molecule has 0 bridgehead atoms. The molecule has 550 valence electrons. The van der Waals surface area contributed by atoms with Gasteiger partial charge in [0.2, 0.25) is 9.23 Å². The van der Waals surface area contributed by atoms with E-state index in [2.05, 4.69) is 27.9 Å². The van der Waals surface area contributed by atoms with Gasteiger partial charge in [0.1, 0.15) is 28.2 Å². The van der Waals surface area contributed by atoms with E-state index in [1.807, 2.05) is 138 Å². The number of nitrogens with zero attached hydrogens (tertiary/aromatic N) is 4. The van der Waals surface area contributed by atoms with Gasteiger partial charge < -0.3 is 59.0 Å². The molecule has 0 saturated carbocycles. The number of hydrogen-bond donors (Lipinski definition) is 3. The Balaban J connectivity index is -0.000000195. The minimum absolute atomic E-state index is 0. The number of alkyl halides is 1. The van der Waals surface area contributed by atoms with Crippen LogP contribution in [0.4, 0.5) is 19.2 Å². The molecule has 4 aliphatic rings. The molecule has 3 N–H and O–H groups in total. The van der Waals surface area contributed by atoms with Crippen LogP contribution in [0.1, 0.15) is 193 Å². The monoisotopic (exact) mass is 1490 g/mol. The van der Waals surface area contributed by atoms with Crippen LogP contribution in [0.3, 0.4) is 0 Å². The van der Waals surface area contributed by atoms with Crippen molar-refractivity contribution in [2.75, 3.05) is 70.2 Å². The van der Waals surface area contributed by atoms with Gasteiger partial charge >= 0.3 is 75.8 Å². The smallest absolute Gasteiger partial charge is 0.850 e. The molecule has 3 atom stereocenters. The molecule has 95 heavy (non-hydrogen) atoms. The van der Waals surface area contributed by atoms with Crippen LogP contribution in [-0.4, -0.2) is 193 Å². The predicted octanol–water partition coefficient (Wildman–Crippen LogP) is 11.4. The quantitative estimate of drug-likeness (QED) is 0.0825. The summed E-state index contributed by atoms with van der Waals surface area (Å²) in [5, 5.41) is 38.8. The molecular weight excluding hydrogens is 1370 g/mol. The summed E-state index contributed by atoms with van der Waals surface area (Å²) in [4.78, 5) is 65.8. The summed E-state index contributed by atoms with van der Waals surface area (Å²) in [5.74, 6) is 0.978. The molecule has 0 radical (unpaired) electrons. The number of aliphatic hydroxyl groups is 3. The van der Waals surface area contributed by atoms with E-state index < -0.39 is 76.1 Å². The molecule has 3 unspecified atom stereocenters. The second kappa shape index (κ2) is 50.7. The van der Waals surface area contributed by atoms with E-state index in [0.29, 0.717) is 83.8 Å². The van der Waals surface area contributed by atoms with Crippen molar-refractivity contribution >= 4 is 93.9 Å². The maximum atomic E-state index is 12.4. The summed E-state index contributed by atoms with van der Waals surface area (Å²) in [6.07, 6.45) is 4.99. The van der Waals surface area contributed by atoms with Crippen molar-refractivity contribution < 1.29 is 127 Å². The molecule has 27 heteroatoms. The number of ketones is 1. The van der Waals surface area contributed by atoms with Gasteiger partial charge in [-0.25, -0.2) is 23.4 Å². The topological polar surface area (TPSA) is 270 Å². The van der Waals surface area contributed by atoms with E-state index in [4.69, 9.17) is 39.9 Å². The van der Waals surface area contributed by atoms with E-state index in [1.165, 1.54) is 10.5 Å². The molecular formula is C68H122Cl3KN4O16S3. The fraction of sp³-hybridized carbons (Fsp3) is 0.691. The van der Waals surface area contributed by atoms with E-state index >= 15 is 0 Å². The zero-order valence-electron chi connectivity index (χ0n) is 57.7. The van der Waals surface area contributed by atoms with Crippen LogP contribution in [0.15, 0.2) is 94.3 Å². The number of aliphatic hydroxyl groups excluding tert-OH is 1. The molecule has 4 amide bonds. The Kier molecular flexibility index (Phi) is 56.6. The van der Waals surface area contributed by atoms with Gasteiger partial charge in [0.15, 0.2) is 0 Å². The Hall–Kier alpha value is -2.53. The number of carbonyl (C=O) groups is 5.